The molecule has 4 amide bonds. The Balaban J connectivity index is 1.28. The molecule has 11 nitrogen and oxygen atoms in total. The van der Waals surface area contributed by atoms with E-state index >= 15 is 0 Å². The quantitative estimate of drug-likeness (QED) is 0.413. The number of thioether (sulfide) groups is 1. The van der Waals surface area contributed by atoms with Gasteiger partial charge in [-0.3, -0.25) is 14.9 Å². The van der Waals surface area contributed by atoms with Crippen LogP contribution in [0.25, 0.3) is 11.7 Å². The van der Waals surface area contributed by atoms with E-state index in [-0.39, 0.29) is 29.1 Å². The molecule has 0 radical (unpaired) electrons. The van der Waals surface area contributed by atoms with E-state index in [0.717, 1.165) is 29.3 Å². The van der Waals surface area contributed by atoms with Crippen molar-refractivity contribution in [2.75, 3.05) is 18.4 Å². The zero-order valence-electron chi connectivity index (χ0n) is 20.0. The summed E-state index contributed by atoms with van der Waals surface area (Å²) in [6.07, 6.45) is 8.12. The summed E-state index contributed by atoms with van der Waals surface area (Å²) in [5.74, 6) is 0.371. The molecule has 36 heavy (non-hydrogen) atoms. The lowest BCUT2D eigenvalue weighted by atomic mass is 10.2. The number of aromatic nitrogens is 3. The number of allylic oxidation sites excluding steroid dienone is 1. The Hall–Kier alpha value is -3.38. The molecule has 2 aromatic heterocycles. The number of hydrogen-bond donors (Lipinski definition) is 3. The van der Waals surface area contributed by atoms with Gasteiger partial charge in [0.25, 0.3) is 11.8 Å². The van der Waals surface area contributed by atoms with Gasteiger partial charge in [0.1, 0.15) is 11.5 Å². The second-order valence-corrected chi connectivity index (χ2v) is 10.9. The number of ether oxygens (including phenoxy) is 1. The van der Waals surface area contributed by atoms with Crippen molar-refractivity contribution in [1.29, 1.82) is 0 Å². The van der Waals surface area contributed by atoms with Gasteiger partial charge in [-0.15, -0.1) is 11.8 Å². The standard InChI is InChI=1S/C24H27N7O4S/c1-12-10-30(11-13(2)35-12)23(33)19-6-5-18(36-19)16-8-20(26-15-3-4-15)31-21(27-16)14(9-25-31)7-17-22(32)29-24(34)28-17/h6-9,12-13,15,18,26H,3-5,10-11H2,1-2H3,(H2,28,29,32,34)/b17-7-. The number of amides is 4. The van der Waals surface area contributed by atoms with Gasteiger partial charge in [-0.05, 0) is 39.2 Å². The number of anilines is 1. The monoisotopic (exact) mass is 509 g/mol. The van der Waals surface area contributed by atoms with Crippen LogP contribution in [0.4, 0.5) is 10.6 Å². The summed E-state index contributed by atoms with van der Waals surface area (Å²) in [6.45, 7) is 5.15. The summed E-state index contributed by atoms with van der Waals surface area (Å²) < 4.78 is 7.50. The largest absolute Gasteiger partial charge is 0.372 e. The molecule has 1 aliphatic carbocycles. The van der Waals surface area contributed by atoms with E-state index in [1.54, 1.807) is 16.8 Å². The lowest BCUT2D eigenvalue weighted by Gasteiger charge is -2.35. The molecule has 2 aromatic rings. The number of morpholine rings is 1. The van der Waals surface area contributed by atoms with Crippen LogP contribution in [0, 0.1) is 0 Å². The van der Waals surface area contributed by atoms with Gasteiger partial charge < -0.3 is 20.3 Å². The second kappa shape index (κ2) is 8.93. The number of carbonyl (C=O) groups excluding carboxylic acids is 3. The van der Waals surface area contributed by atoms with Gasteiger partial charge in [0.2, 0.25) is 0 Å². The molecule has 12 heteroatoms. The lowest BCUT2D eigenvalue weighted by molar-refractivity contribution is -0.138. The molecule has 6 rings (SSSR count). The van der Waals surface area contributed by atoms with Crippen molar-refractivity contribution in [1.82, 2.24) is 30.1 Å². The molecular formula is C24H27N7O4S. The van der Waals surface area contributed by atoms with Gasteiger partial charge in [0, 0.05) is 30.8 Å². The summed E-state index contributed by atoms with van der Waals surface area (Å²) in [5, 5.41) is 12.7. The van der Waals surface area contributed by atoms with Crippen LogP contribution in [0.1, 0.15) is 49.6 Å². The highest BCUT2D eigenvalue weighted by Crippen LogP contribution is 2.44. The molecule has 3 N–H and O–H groups in total. The predicted octanol–water partition coefficient (Wildman–Crippen LogP) is 2.18. The van der Waals surface area contributed by atoms with E-state index in [1.165, 1.54) is 11.8 Å². The summed E-state index contributed by atoms with van der Waals surface area (Å²) >= 11 is 1.53. The number of carbonyl (C=O) groups is 3. The minimum absolute atomic E-state index is 0.0155. The van der Waals surface area contributed by atoms with Crippen LogP contribution < -0.4 is 16.0 Å². The first-order chi connectivity index (χ1) is 17.3. The number of fused-ring (bicyclic) bond motifs is 1. The summed E-state index contributed by atoms with van der Waals surface area (Å²) in [7, 11) is 0. The molecule has 4 aliphatic rings. The van der Waals surface area contributed by atoms with Crippen LogP contribution in [-0.2, 0) is 14.3 Å². The fourth-order valence-electron chi connectivity index (χ4n) is 4.72. The van der Waals surface area contributed by atoms with Crippen LogP contribution in [0.3, 0.4) is 0 Å². The van der Waals surface area contributed by atoms with Crippen LogP contribution in [-0.4, -0.2) is 68.7 Å². The average Bonchev–Trinajstić information content (AvgIpc) is 3.22. The highest BCUT2D eigenvalue weighted by Gasteiger charge is 2.33. The molecule has 3 unspecified atom stereocenters. The smallest absolute Gasteiger partial charge is 0.326 e. The zero-order valence-corrected chi connectivity index (χ0v) is 20.8. The van der Waals surface area contributed by atoms with Crippen molar-refractivity contribution in [2.45, 2.75) is 56.6 Å². The number of hydrogen-bond acceptors (Lipinski definition) is 8. The SMILES string of the molecule is CC1CN(C(=O)C2=CCC(c3cc(NC4CC4)n4ncc(/C=C5\NC(=O)NC5=O)c4n3)S2)CC(C)O1. The summed E-state index contributed by atoms with van der Waals surface area (Å²) in [5.41, 5.74) is 2.18. The predicted molar refractivity (Wildman–Crippen MR) is 134 cm³/mol. The van der Waals surface area contributed by atoms with Gasteiger partial charge in [-0.25, -0.2) is 9.78 Å². The number of nitrogens with one attached hydrogen (secondary N) is 3. The third kappa shape index (κ3) is 4.46. The Morgan fingerprint density at radius 3 is 2.69 bits per heavy atom. The second-order valence-electron chi connectivity index (χ2n) is 9.66. The first-order valence-electron chi connectivity index (χ1n) is 12.1. The third-order valence-electron chi connectivity index (χ3n) is 6.50. The fourth-order valence-corrected chi connectivity index (χ4v) is 5.89. The Labute approximate surface area is 211 Å². The first kappa shape index (κ1) is 23.0. The first-order valence-corrected chi connectivity index (χ1v) is 13.0. The number of urea groups is 1. The Morgan fingerprint density at radius 2 is 2.00 bits per heavy atom. The zero-order chi connectivity index (χ0) is 25.0. The maximum atomic E-state index is 13.2. The maximum Gasteiger partial charge on any atom is 0.326 e. The average molecular weight is 510 g/mol. The van der Waals surface area contributed by atoms with Gasteiger partial charge in [-0.1, -0.05) is 6.08 Å². The molecule has 3 aliphatic heterocycles. The third-order valence-corrected chi connectivity index (χ3v) is 7.82. The lowest BCUT2D eigenvalue weighted by Crippen LogP contribution is -2.48. The Kier molecular flexibility index (Phi) is 5.72. The topological polar surface area (TPSA) is 130 Å². The number of rotatable bonds is 5. The van der Waals surface area contributed by atoms with Gasteiger partial charge in [-0.2, -0.15) is 9.61 Å². The fraction of sp³-hybridized carbons (Fsp3) is 0.458. The molecule has 5 heterocycles. The molecule has 3 atom stereocenters. The molecule has 3 fully saturated rings. The normalized spacial score (nSPS) is 27.4. The van der Waals surface area contributed by atoms with Gasteiger partial charge >= 0.3 is 6.03 Å². The Morgan fingerprint density at radius 1 is 1.22 bits per heavy atom. The van der Waals surface area contributed by atoms with Crippen LogP contribution >= 0.6 is 11.8 Å². The van der Waals surface area contributed by atoms with Crippen molar-refractivity contribution in [3.8, 4) is 0 Å². The van der Waals surface area contributed by atoms with E-state index in [4.69, 9.17) is 9.72 Å². The van der Waals surface area contributed by atoms with E-state index < -0.39 is 11.9 Å². The van der Waals surface area contributed by atoms with Gasteiger partial charge in [0.15, 0.2) is 5.65 Å². The van der Waals surface area contributed by atoms with Gasteiger partial charge in [0.05, 0.1) is 34.3 Å². The molecule has 0 bridgehead atoms. The number of imide groups is 1. The molecule has 0 aromatic carbocycles. The molecule has 0 spiro atoms. The van der Waals surface area contributed by atoms with Crippen LogP contribution in [0.2, 0.25) is 0 Å². The molecule has 1 saturated carbocycles. The number of nitrogens with zero attached hydrogens (tertiary/aromatic N) is 4. The Bertz CT molecular complexity index is 1320. The van der Waals surface area contributed by atoms with E-state index in [0.29, 0.717) is 36.8 Å². The van der Waals surface area contributed by atoms with E-state index in [2.05, 4.69) is 21.0 Å². The van der Waals surface area contributed by atoms with Crippen molar-refractivity contribution < 1.29 is 19.1 Å². The van der Waals surface area contributed by atoms with Crippen LogP contribution in [0.15, 0.2) is 28.9 Å². The van der Waals surface area contributed by atoms with Crippen molar-refractivity contribution in [2.24, 2.45) is 0 Å². The molecule has 188 valence electrons. The summed E-state index contributed by atoms with van der Waals surface area (Å²) in [6, 6.07) is 1.84. The summed E-state index contributed by atoms with van der Waals surface area (Å²) in [4.78, 5) is 44.3. The van der Waals surface area contributed by atoms with Crippen molar-refractivity contribution in [3.05, 3.63) is 40.2 Å². The minimum atomic E-state index is -0.554. The molecular weight excluding hydrogens is 482 g/mol. The van der Waals surface area contributed by atoms with Crippen LogP contribution in [0.5, 0.6) is 0 Å². The van der Waals surface area contributed by atoms with Crippen molar-refractivity contribution in [3.63, 3.8) is 0 Å². The minimum Gasteiger partial charge on any atom is -0.372 e. The van der Waals surface area contributed by atoms with Crippen molar-refractivity contribution >= 4 is 47.1 Å². The van der Waals surface area contributed by atoms with E-state index in [1.807, 2.05) is 30.9 Å². The maximum absolute atomic E-state index is 13.2. The highest BCUT2D eigenvalue weighted by atomic mass is 32.2. The van der Waals surface area contributed by atoms with E-state index in [9.17, 15) is 14.4 Å². The highest BCUT2D eigenvalue weighted by molar-refractivity contribution is 8.04. The molecule has 2 saturated heterocycles.